The van der Waals surface area contributed by atoms with E-state index >= 15 is 0 Å². The Morgan fingerprint density at radius 2 is 2.03 bits per heavy atom. The number of thiocarbonyl (C=S) groups is 1. The Morgan fingerprint density at radius 3 is 2.76 bits per heavy atom. The molecule has 9 heteroatoms. The third-order valence-electron chi connectivity index (χ3n) is 6.69. The van der Waals surface area contributed by atoms with Crippen molar-refractivity contribution in [3.05, 3.63) is 77.0 Å². The molecule has 2 aliphatic rings. The van der Waals surface area contributed by atoms with Gasteiger partial charge in [-0.2, -0.15) is 0 Å². The van der Waals surface area contributed by atoms with Crippen molar-refractivity contribution in [3.63, 3.8) is 0 Å². The first-order valence-electron chi connectivity index (χ1n) is 12.4. The monoisotopic (exact) mass is 534 g/mol. The zero-order valence-electron chi connectivity index (χ0n) is 20.7. The van der Waals surface area contributed by atoms with Gasteiger partial charge >= 0.3 is 0 Å². The van der Waals surface area contributed by atoms with Crippen molar-refractivity contribution >= 4 is 40.3 Å². The molecule has 0 radical (unpaired) electrons. The lowest BCUT2D eigenvalue weighted by atomic mass is 9.98. The SMILES string of the molecule is COc1ccc(-c2ccccc2)c(NC(=O)c2csc(C3CCN(C(=S)NCC4CC=CO4)CC3)n2)c1. The van der Waals surface area contributed by atoms with Gasteiger partial charge in [-0.05, 0) is 48.8 Å². The number of carbonyl (C=O) groups excluding carboxylic acids is 1. The van der Waals surface area contributed by atoms with Crippen molar-refractivity contribution in [1.82, 2.24) is 15.2 Å². The Morgan fingerprint density at radius 1 is 1.22 bits per heavy atom. The minimum atomic E-state index is -0.223. The molecule has 1 unspecified atom stereocenters. The van der Waals surface area contributed by atoms with Crippen molar-refractivity contribution in [2.45, 2.75) is 31.3 Å². The van der Waals surface area contributed by atoms with Crippen LogP contribution in [0.4, 0.5) is 5.69 Å². The first kappa shape index (κ1) is 25.2. The zero-order valence-corrected chi connectivity index (χ0v) is 22.3. The molecular weight excluding hydrogens is 504 g/mol. The molecule has 7 nitrogen and oxygen atoms in total. The molecule has 1 atom stereocenters. The molecule has 3 aromatic rings. The van der Waals surface area contributed by atoms with E-state index in [1.807, 2.05) is 60.0 Å². The molecule has 2 aliphatic heterocycles. The van der Waals surface area contributed by atoms with Crippen LogP contribution in [0, 0.1) is 0 Å². The van der Waals surface area contributed by atoms with Crippen molar-refractivity contribution in [2.24, 2.45) is 0 Å². The van der Waals surface area contributed by atoms with Gasteiger partial charge in [0.2, 0.25) is 0 Å². The van der Waals surface area contributed by atoms with Crippen LogP contribution in [-0.4, -0.2) is 53.8 Å². The number of benzene rings is 2. The van der Waals surface area contributed by atoms with Crippen LogP contribution in [0.1, 0.15) is 40.7 Å². The van der Waals surface area contributed by atoms with Crippen molar-refractivity contribution < 1.29 is 14.3 Å². The summed E-state index contributed by atoms with van der Waals surface area (Å²) in [6, 6.07) is 15.7. The fourth-order valence-corrected chi connectivity index (χ4v) is 5.83. The number of hydrogen-bond donors (Lipinski definition) is 2. The summed E-state index contributed by atoms with van der Waals surface area (Å²) in [5.41, 5.74) is 3.08. The fraction of sp³-hybridized carbons (Fsp3) is 0.321. The lowest BCUT2D eigenvalue weighted by Crippen LogP contribution is -2.45. The fourth-order valence-electron chi connectivity index (χ4n) is 4.59. The molecule has 0 bridgehead atoms. The topological polar surface area (TPSA) is 75.7 Å². The number of carbonyl (C=O) groups is 1. The van der Waals surface area contributed by atoms with Gasteiger partial charge in [-0.15, -0.1) is 11.3 Å². The second kappa shape index (κ2) is 11.7. The Bertz CT molecular complexity index is 1260. The maximum absolute atomic E-state index is 13.2. The Balaban J connectivity index is 1.19. The zero-order chi connectivity index (χ0) is 25.6. The second-order valence-corrected chi connectivity index (χ2v) is 10.4. The number of amides is 1. The smallest absolute Gasteiger partial charge is 0.275 e. The minimum absolute atomic E-state index is 0.163. The molecule has 5 rings (SSSR count). The number of nitrogens with zero attached hydrogens (tertiary/aromatic N) is 2. The number of nitrogens with one attached hydrogen (secondary N) is 2. The maximum atomic E-state index is 13.2. The summed E-state index contributed by atoms with van der Waals surface area (Å²) < 4.78 is 10.9. The van der Waals surface area contributed by atoms with E-state index < -0.39 is 0 Å². The Labute approximate surface area is 226 Å². The Hall–Kier alpha value is -3.43. The summed E-state index contributed by atoms with van der Waals surface area (Å²) in [4.78, 5) is 20.1. The van der Waals surface area contributed by atoms with Crippen molar-refractivity contribution in [3.8, 4) is 16.9 Å². The summed E-state index contributed by atoms with van der Waals surface area (Å²) >= 11 is 7.14. The second-order valence-electron chi connectivity index (χ2n) is 9.12. The van der Waals surface area contributed by atoms with E-state index in [0.717, 1.165) is 60.1 Å². The molecular formula is C28H30N4O3S2. The van der Waals surface area contributed by atoms with Gasteiger partial charge in [0.05, 0.1) is 30.6 Å². The quantitative estimate of drug-likeness (QED) is 0.392. The van der Waals surface area contributed by atoms with Crippen LogP contribution in [0.2, 0.25) is 0 Å². The van der Waals surface area contributed by atoms with Crippen LogP contribution in [0.5, 0.6) is 5.75 Å². The van der Waals surface area contributed by atoms with E-state index in [9.17, 15) is 4.79 Å². The average Bonchev–Trinajstić information content (AvgIpc) is 3.65. The van der Waals surface area contributed by atoms with Crippen LogP contribution < -0.4 is 15.4 Å². The summed E-state index contributed by atoms with van der Waals surface area (Å²) in [6.45, 7) is 2.45. The highest BCUT2D eigenvalue weighted by Crippen LogP contribution is 2.33. The molecule has 1 saturated heterocycles. The first-order chi connectivity index (χ1) is 18.1. The van der Waals surface area contributed by atoms with Gasteiger partial charge in [0, 0.05) is 42.4 Å². The number of aromatic nitrogens is 1. The number of ether oxygens (including phenoxy) is 2. The molecule has 1 aromatic heterocycles. The summed E-state index contributed by atoms with van der Waals surface area (Å²) in [5, 5.41) is 10.0. The van der Waals surface area contributed by atoms with Crippen LogP contribution in [0.25, 0.3) is 11.1 Å². The molecule has 2 N–H and O–H groups in total. The number of likely N-dealkylation sites (tertiary alicyclic amines) is 1. The molecule has 3 heterocycles. The third-order valence-corrected chi connectivity index (χ3v) is 8.10. The van der Waals surface area contributed by atoms with Crippen LogP contribution in [0.3, 0.4) is 0 Å². The standard InChI is InChI=1S/C28H30N4O3S2/c1-34-21-9-10-23(19-6-3-2-4-7-19)24(16-21)30-26(33)25-18-37-27(31-25)20-11-13-32(14-12-20)28(36)29-17-22-8-5-15-35-22/h2-7,9-10,15-16,18,20,22H,8,11-14,17H2,1H3,(H,29,36)(H,30,33). The lowest BCUT2D eigenvalue weighted by molar-refractivity contribution is 0.102. The summed E-state index contributed by atoms with van der Waals surface area (Å²) in [6.07, 6.45) is 6.77. The van der Waals surface area contributed by atoms with Gasteiger partial charge < -0.3 is 25.0 Å². The third kappa shape index (κ3) is 6.11. The Kier molecular flexibility index (Phi) is 8.01. The molecule has 192 valence electrons. The highest BCUT2D eigenvalue weighted by Gasteiger charge is 2.26. The first-order valence-corrected chi connectivity index (χ1v) is 13.7. The predicted octanol–water partition coefficient (Wildman–Crippen LogP) is 5.43. The van der Waals surface area contributed by atoms with Crippen LogP contribution in [0.15, 0.2) is 66.2 Å². The molecule has 0 spiro atoms. The predicted molar refractivity (Wildman–Crippen MR) is 151 cm³/mol. The van der Waals surface area contributed by atoms with Crippen molar-refractivity contribution in [2.75, 3.05) is 32.1 Å². The number of hydrogen-bond acceptors (Lipinski definition) is 6. The lowest BCUT2D eigenvalue weighted by Gasteiger charge is -2.33. The van der Waals surface area contributed by atoms with Crippen LogP contribution in [-0.2, 0) is 4.74 Å². The number of anilines is 1. The number of thiazole rings is 1. The van der Waals surface area contributed by atoms with Gasteiger partial charge in [0.15, 0.2) is 5.11 Å². The largest absolute Gasteiger partial charge is 0.497 e. The van der Waals surface area contributed by atoms with Gasteiger partial charge in [-0.1, -0.05) is 30.3 Å². The molecule has 2 aromatic carbocycles. The number of methoxy groups -OCH3 is 1. The van der Waals surface area contributed by atoms with Gasteiger partial charge in [-0.3, -0.25) is 4.79 Å². The van der Waals surface area contributed by atoms with Gasteiger partial charge in [0.1, 0.15) is 17.5 Å². The highest BCUT2D eigenvalue weighted by atomic mass is 32.1. The molecule has 0 aliphatic carbocycles. The number of piperidine rings is 1. The van der Waals surface area contributed by atoms with E-state index in [1.165, 1.54) is 0 Å². The van der Waals surface area contributed by atoms with E-state index in [2.05, 4.69) is 15.5 Å². The van der Waals surface area contributed by atoms with Gasteiger partial charge in [-0.25, -0.2) is 4.98 Å². The summed E-state index contributed by atoms with van der Waals surface area (Å²) in [7, 11) is 1.62. The van der Waals surface area contributed by atoms with Crippen molar-refractivity contribution in [1.29, 1.82) is 0 Å². The molecule has 37 heavy (non-hydrogen) atoms. The minimum Gasteiger partial charge on any atom is -0.497 e. The average molecular weight is 535 g/mol. The molecule has 0 saturated carbocycles. The van der Waals surface area contributed by atoms with Gasteiger partial charge in [0.25, 0.3) is 5.91 Å². The summed E-state index contributed by atoms with van der Waals surface area (Å²) in [5.74, 6) is 0.782. The van der Waals surface area contributed by atoms with Crippen LogP contribution >= 0.6 is 23.6 Å². The molecule has 1 amide bonds. The van der Waals surface area contributed by atoms with E-state index in [4.69, 9.17) is 26.7 Å². The van der Waals surface area contributed by atoms with E-state index in [1.54, 1.807) is 24.7 Å². The number of rotatable bonds is 7. The van der Waals surface area contributed by atoms with E-state index in [-0.39, 0.29) is 12.0 Å². The molecule has 1 fully saturated rings. The normalized spacial score (nSPS) is 17.3. The highest BCUT2D eigenvalue weighted by molar-refractivity contribution is 7.80. The maximum Gasteiger partial charge on any atom is 0.275 e. The van der Waals surface area contributed by atoms with E-state index in [0.29, 0.717) is 23.0 Å².